The Bertz CT molecular complexity index is 573. The second-order valence-corrected chi connectivity index (χ2v) is 16.9. The Morgan fingerprint density at radius 2 is 1.97 bits per heavy atom. The lowest BCUT2D eigenvalue weighted by molar-refractivity contribution is -0.191. The molecular formula is C22H42N2O5Si. The monoisotopic (exact) mass is 442 g/mol. The van der Waals surface area contributed by atoms with E-state index < -0.39 is 25.9 Å². The second-order valence-electron chi connectivity index (χ2n) is 11.2. The highest BCUT2D eigenvalue weighted by Gasteiger charge is 2.46. The van der Waals surface area contributed by atoms with E-state index in [9.17, 15) is 9.59 Å². The Balaban J connectivity index is 1.95. The number of amides is 2. The third-order valence-corrected chi connectivity index (χ3v) is 9.46. The quantitative estimate of drug-likeness (QED) is 0.230. The maximum Gasteiger partial charge on any atom is 0.409 e. The van der Waals surface area contributed by atoms with Crippen LogP contribution in [-0.2, 0) is 19.1 Å². The van der Waals surface area contributed by atoms with Gasteiger partial charge in [-0.2, -0.15) is 0 Å². The predicted octanol–water partition coefficient (Wildman–Crippen LogP) is 4.69. The number of ether oxygens (including phenoxy) is 2. The van der Waals surface area contributed by atoms with Crippen LogP contribution in [0.25, 0.3) is 0 Å². The molecule has 1 saturated heterocycles. The van der Waals surface area contributed by atoms with Gasteiger partial charge in [0.25, 0.3) is 0 Å². The third-order valence-electron chi connectivity index (χ3n) is 6.34. The van der Waals surface area contributed by atoms with Crippen molar-refractivity contribution in [3.8, 4) is 0 Å². The summed E-state index contributed by atoms with van der Waals surface area (Å²) < 4.78 is 11.5. The molecule has 0 aromatic carbocycles. The summed E-state index contributed by atoms with van der Waals surface area (Å²) in [5, 5.41) is 4.09. The lowest BCUT2D eigenvalue weighted by atomic mass is 9.92. The number of carbonyl (C=O) groups is 2. The number of carbonyl (C=O) groups excluding carboxylic acids is 2. The maximum absolute atomic E-state index is 12.4. The molecule has 1 aliphatic carbocycles. The van der Waals surface area contributed by atoms with Crippen molar-refractivity contribution in [3.63, 3.8) is 0 Å². The largest absolute Gasteiger partial charge is 0.444 e. The van der Waals surface area contributed by atoms with Crippen molar-refractivity contribution in [1.29, 1.82) is 0 Å². The second kappa shape index (κ2) is 10.00. The Labute approximate surface area is 183 Å². The van der Waals surface area contributed by atoms with Crippen LogP contribution < -0.4 is 5.32 Å². The number of rotatable bonds is 10. The van der Waals surface area contributed by atoms with Crippen LogP contribution in [0.2, 0.25) is 25.2 Å². The van der Waals surface area contributed by atoms with Gasteiger partial charge in [-0.25, -0.2) is 9.86 Å². The number of nitrogens with one attached hydrogen (secondary N) is 1. The minimum Gasteiger partial charge on any atom is -0.444 e. The van der Waals surface area contributed by atoms with Gasteiger partial charge < -0.3 is 9.47 Å². The molecule has 0 aromatic rings. The van der Waals surface area contributed by atoms with Crippen molar-refractivity contribution >= 4 is 20.6 Å². The van der Waals surface area contributed by atoms with Gasteiger partial charge in [-0.05, 0) is 70.8 Å². The van der Waals surface area contributed by atoms with E-state index in [1.54, 1.807) is 0 Å². The average molecular weight is 443 g/mol. The van der Waals surface area contributed by atoms with Crippen LogP contribution in [0.1, 0.15) is 66.2 Å². The highest BCUT2D eigenvalue weighted by molar-refractivity contribution is 6.77. The van der Waals surface area contributed by atoms with Gasteiger partial charge >= 0.3 is 6.09 Å². The molecule has 0 radical (unpaired) electrons. The fraction of sp³-hybridized carbons (Fsp3) is 0.909. The normalized spacial score (nSPS) is 22.8. The summed E-state index contributed by atoms with van der Waals surface area (Å²) in [7, 11) is -1.39. The van der Waals surface area contributed by atoms with Crippen LogP contribution in [0.5, 0.6) is 0 Å². The number of hydrogen-bond acceptors (Lipinski definition) is 5. The van der Waals surface area contributed by atoms with Crippen LogP contribution >= 0.6 is 0 Å². The molecule has 174 valence electrons. The first-order valence-corrected chi connectivity index (χ1v) is 14.9. The van der Waals surface area contributed by atoms with Crippen LogP contribution in [0.3, 0.4) is 0 Å². The van der Waals surface area contributed by atoms with Crippen molar-refractivity contribution in [2.45, 2.75) is 109 Å². The van der Waals surface area contributed by atoms with Crippen LogP contribution in [0, 0.1) is 5.92 Å². The SMILES string of the molecule is CC(CON(C=O)C(CC[C@@H]1CCC2(CC2)OC1)NC(=O)OC(C)(C)C)[Si](C)(C)C. The predicted molar refractivity (Wildman–Crippen MR) is 120 cm³/mol. The molecular weight excluding hydrogens is 400 g/mol. The molecule has 2 unspecified atom stereocenters. The topological polar surface area (TPSA) is 77.1 Å². The first-order valence-electron chi connectivity index (χ1n) is 11.3. The highest BCUT2D eigenvalue weighted by Crippen LogP contribution is 2.47. The van der Waals surface area contributed by atoms with Gasteiger partial charge in [0.15, 0.2) is 0 Å². The molecule has 2 fully saturated rings. The molecule has 0 aromatic heterocycles. The van der Waals surface area contributed by atoms with E-state index in [-0.39, 0.29) is 5.60 Å². The van der Waals surface area contributed by atoms with Gasteiger partial charge in [-0.1, -0.05) is 26.6 Å². The molecule has 1 N–H and O–H groups in total. The molecule has 8 heteroatoms. The van der Waals surface area contributed by atoms with Crippen LogP contribution in [0.4, 0.5) is 4.79 Å². The zero-order valence-electron chi connectivity index (χ0n) is 20.0. The Hall–Kier alpha value is -1.12. The summed E-state index contributed by atoms with van der Waals surface area (Å²) in [5.41, 5.74) is -0.0530. The van der Waals surface area contributed by atoms with Gasteiger partial charge in [0.05, 0.1) is 18.8 Å². The summed E-state index contributed by atoms with van der Waals surface area (Å²) in [6.07, 6.45) is 5.62. The van der Waals surface area contributed by atoms with Crippen molar-refractivity contribution in [2.75, 3.05) is 13.2 Å². The minimum atomic E-state index is -1.39. The zero-order chi connectivity index (χ0) is 22.6. The third kappa shape index (κ3) is 8.19. The van der Waals surface area contributed by atoms with Crippen molar-refractivity contribution in [1.82, 2.24) is 10.4 Å². The van der Waals surface area contributed by atoms with E-state index in [0.717, 1.165) is 25.9 Å². The average Bonchev–Trinajstić information content (AvgIpc) is 3.37. The van der Waals surface area contributed by atoms with Crippen molar-refractivity contribution in [2.24, 2.45) is 5.92 Å². The number of nitrogens with zero attached hydrogens (tertiary/aromatic N) is 1. The molecule has 30 heavy (non-hydrogen) atoms. The van der Waals surface area contributed by atoms with Crippen LogP contribution in [-0.4, -0.2) is 56.2 Å². The first kappa shape index (κ1) is 25.1. The molecule has 1 spiro atoms. The molecule has 2 aliphatic rings. The fourth-order valence-corrected chi connectivity index (χ4v) is 4.00. The van der Waals surface area contributed by atoms with Gasteiger partial charge in [-0.3, -0.25) is 14.9 Å². The Kier molecular flexibility index (Phi) is 8.38. The minimum absolute atomic E-state index is 0.176. The molecule has 2 rings (SSSR count). The smallest absolute Gasteiger partial charge is 0.409 e. The molecule has 7 nitrogen and oxygen atoms in total. The summed E-state index contributed by atoms with van der Waals surface area (Å²) in [5.74, 6) is 0.438. The summed E-state index contributed by atoms with van der Waals surface area (Å²) in [4.78, 5) is 30.1. The van der Waals surface area contributed by atoms with Crippen molar-refractivity contribution in [3.05, 3.63) is 0 Å². The fourth-order valence-electron chi connectivity index (χ4n) is 3.42. The molecule has 0 bridgehead atoms. The maximum atomic E-state index is 12.4. The summed E-state index contributed by atoms with van der Waals surface area (Å²) >= 11 is 0. The van der Waals surface area contributed by atoms with Gasteiger partial charge in [0.2, 0.25) is 6.41 Å². The van der Waals surface area contributed by atoms with E-state index in [1.165, 1.54) is 17.9 Å². The molecule has 1 heterocycles. The van der Waals surface area contributed by atoms with Crippen molar-refractivity contribution < 1.29 is 23.9 Å². The molecule has 1 aliphatic heterocycles. The van der Waals surface area contributed by atoms with Gasteiger partial charge in [0.1, 0.15) is 11.8 Å². The van der Waals surface area contributed by atoms with E-state index in [0.29, 0.717) is 30.9 Å². The number of hydroxylamine groups is 2. The molecule has 1 saturated carbocycles. The Morgan fingerprint density at radius 3 is 2.43 bits per heavy atom. The Morgan fingerprint density at radius 1 is 1.30 bits per heavy atom. The van der Waals surface area contributed by atoms with E-state index in [2.05, 4.69) is 31.9 Å². The number of hydrogen-bond donors (Lipinski definition) is 1. The van der Waals surface area contributed by atoms with E-state index in [1.807, 2.05) is 20.8 Å². The molecule has 2 amide bonds. The summed E-state index contributed by atoms with van der Waals surface area (Å²) in [6.45, 7) is 15.6. The lowest BCUT2D eigenvalue weighted by Gasteiger charge is -2.34. The standard InChI is InChI=1S/C22H42N2O5Si/c1-17(30(5,6)7)14-28-24(16-25)19(23-20(26)29-21(2,3)4)9-8-18-10-11-22(12-13-22)27-15-18/h16-19H,8-15H2,1-7H3,(H,23,26)/t17?,18-,19?/m1/s1. The molecule has 3 atom stereocenters. The zero-order valence-corrected chi connectivity index (χ0v) is 21.0. The lowest BCUT2D eigenvalue weighted by Crippen LogP contribution is -2.50. The van der Waals surface area contributed by atoms with Gasteiger partial charge in [0, 0.05) is 8.07 Å². The first-order chi connectivity index (χ1) is 13.8. The van der Waals surface area contributed by atoms with Gasteiger partial charge in [-0.15, -0.1) is 0 Å². The highest BCUT2D eigenvalue weighted by atomic mass is 28.3. The summed E-state index contributed by atoms with van der Waals surface area (Å²) in [6, 6.07) is 0. The van der Waals surface area contributed by atoms with Crippen LogP contribution in [0.15, 0.2) is 0 Å². The van der Waals surface area contributed by atoms with E-state index >= 15 is 0 Å². The van der Waals surface area contributed by atoms with E-state index in [4.69, 9.17) is 14.3 Å². The number of alkyl carbamates (subject to hydrolysis) is 1.